The highest BCUT2D eigenvalue weighted by Gasteiger charge is 2.21. The molecular formula is C11H18N4O2. The lowest BCUT2D eigenvalue weighted by molar-refractivity contribution is 0.0721. The van der Waals surface area contributed by atoms with E-state index in [9.17, 15) is 4.79 Å². The van der Waals surface area contributed by atoms with Gasteiger partial charge in [0.25, 0.3) is 5.91 Å². The van der Waals surface area contributed by atoms with Crippen molar-refractivity contribution in [3.63, 3.8) is 0 Å². The number of amides is 1. The topological polar surface area (TPSA) is 70.4 Å². The van der Waals surface area contributed by atoms with Gasteiger partial charge in [-0.05, 0) is 13.0 Å². The number of nitrogens with zero attached hydrogens (tertiary/aromatic N) is 3. The molecule has 0 bridgehead atoms. The van der Waals surface area contributed by atoms with Crippen molar-refractivity contribution in [1.82, 2.24) is 20.0 Å². The summed E-state index contributed by atoms with van der Waals surface area (Å²) in [4.78, 5) is 14.1. The van der Waals surface area contributed by atoms with Crippen LogP contribution >= 0.6 is 0 Å². The number of hydrogen-bond acceptors (Lipinski definition) is 4. The second-order valence-corrected chi connectivity index (χ2v) is 4.16. The molecule has 2 N–H and O–H groups in total. The Morgan fingerprint density at radius 1 is 1.53 bits per heavy atom. The second kappa shape index (κ2) is 5.29. The summed E-state index contributed by atoms with van der Waals surface area (Å²) in [7, 11) is 0. The van der Waals surface area contributed by atoms with Crippen LogP contribution in [0.1, 0.15) is 16.2 Å². The minimum Gasteiger partial charge on any atom is -0.394 e. The molecule has 0 unspecified atom stereocenters. The summed E-state index contributed by atoms with van der Waals surface area (Å²) in [6.45, 7) is 5.31. The highest BCUT2D eigenvalue weighted by Crippen LogP contribution is 2.08. The van der Waals surface area contributed by atoms with Gasteiger partial charge in [0.1, 0.15) is 5.69 Å². The number of aryl methyl sites for hydroxylation is 1. The molecule has 1 aliphatic rings. The van der Waals surface area contributed by atoms with Crippen molar-refractivity contribution in [1.29, 1.82) is 0 Å². The maximum atomic E-state index is 12.3. The highest BCUT2D eigenvalue weighted by atomic mass is 16.3. The number of aliphatic hydroxyl groups is 1. The number of rotatable bonds is 3. The van der Waals surface area contributed by atoms with Gasteiger partial charge in [0.05, 0.1) is 18.8 Å². The van der Waals surface area contributed by atoms with E-state index in [0.717, 1.165) is 31.9 Å². The van der Waals surface area contributed by atoms with E-state index < -0.39 is 0 Å². The van der Waals surface area contributed by atoms with Crippen LogP contribution in [0.25, 0.3) is 0 Å². The fourth-order valence-corrected chi connectivity index (χ4v) is 2.01. The van der Waals surface area contributed by atoms with Crippen LogP contribution in [0.15, 0.2) is 6.07 Å². The fourth-order valence-electron chi connectivity index (χ4n) is 2.01. The monoisotopic (exact) mass is 238 g/mol. The summed E-state index contributed by atoms with van der Waals surface area (Å²) in [5.41, 5.74) is 1.37. The Hall–Kier alpha value is -1.40. The molecule has 1 fully saturated rings. The quantitative estimate of drug-likeness (QED) is 0.725. The number of aliphatic hydroxyl groups excluding tert-OH is 1. The average molecular weight is 238 g/mol. The summed E-state index contributed by atoms with van der Waals surface area (Å²) in [6, 6.07) is 1.78. The first-order valence-corrected chi connectivity index (χ1v) is 5.87. The fraction of sp³-hybridized carbons (Fsp3) is 0.636. The standard InChI is InChI=1S/C11H18N4O2/c1-9-8-10(15(13-9)6-7-16)11(17)14-4-2-12-3-5-14/h8,12,16H,2-7H2,1H3. The zero-order chi connectivity index (χ0) is 12.3. The molecule has 6 heteroatoms. The van der Waals surface area contributed by atoms with Gasteiger partial charge >= 0.3 is 0 Å². The molecule has 0 spiro atoms. The number of carbonyl (C=O) groups is 1. The lowest BCUT2D eigenvalue weighted by atomic mass is 10.3. The molecule has 1 saturated heterocycles. The van der Waals surface area contributed by atoms with Crippen molar-refractivity contribution in [3.05, 3.63) is 17.5 Å². The smallest absolute Gasteiger partial charge is 0.272 e. The molecule has 0 aliphatic carbocycles. The van der Waals surface area contributed by atoms with Gasteiger partial charge in [-0.1, -0.05) is 0 Å². The van der Waals surface area contributed by atoms with Gasteiger partial charge in [-0.3, -0.25) is 9.48 Å². The Kier molecular flexibility index (Phi) is 3.75. The van der Waals surface area contributed by atoms with Gasteiger partial charge in [-0.25, -0.2) is 0 Å². The maximum Gasteiger partial charge on any atom is 0.272 e. The maximum absolute atomic E-state index is 12.3. The third kappa shape index (κ3) is 2.65. The molecule has 0 radical (unpaired) electrons. The van der Waals surface area contributed by atoms with Gasteiger partial charge in [-0.15, -0.1) is 0 Å². The molecule has 2 heterocycles. The van der Waals surface area contributed by atoms with Crippen molar-refractivity contribution in [2.45, 2.75) is 13.5 Å². The minimum atomic E-state index is -0.0110. The van der Waals surface area contributed by atoms with E-state index in [1.165, 1.54) is 0 Å². The Morgan fingerprint density at radius 3 is 2.88 bits per heavy atom. The zero-order valence-corrected chi connectivity index (χ0v) is 10.0. The third-order valence-corrected chi connectivity index (χ3v) is 2.84. The number of piperazine rings is 1. The number of nitrogens with one attached hydrogen (secondary N) is 1. The molecule has 1 aromatic rings. The zero-order valence-electron chi connectivity index (χ0n) is 10.0. The number of aromatic nitrogens is 2. The number of hydrogen-bond donors (Lipinski definition) is 2. The molecule has 0 saturated carbocycles. The van der Waals surface area contributed by atoms with Crippen LogP contribution in [-0.4, -0.2) is 58.5 Å². The molecule has 1 aliphatic heterocycles. The van der Waals surface area contributed by atoms with Crippen LogP contribution in [0.3, 0.4) is 0 Å². The Bertz CT molecular complexity index is 396. The first kappa shape index (κ1) is 12.1. The highest BCUT2D eigenvalue weighted by molar-refractivity contribution is 5.92. The van der Waals surface area contributed by atoms with Crippen LogP contribution < -0.4 is 5.32 Å². The van der Waals surface area contributed by atoms with Crippen LogP contribution in [0.2, 0.25) is 0 Å². The van der Waals surface area contributed by atoms with Crippen molar-refractivity contribution in [2.75, 3.05) is 32.8 Å². The van der Waals surface area contributed by atoms with E-state index in [4.69, 9.17) is 5.11 Å². The van der Waals surface area contributed by atoms with Crippen molar-refractivity contribution < 1.29 is 9.90 Å². The first-order valence-electron chi connectivity index (χ1n) is 5.87. The van der Waals surface area contributed by atoms with Crippen LogP contribution in [0, 0.1) is 6.92 Å². The van der Waals surface area contributed by atoms with Crippen molar-refractivity contribution in [3.8, 4) is 0 Å². The van der Waals surface area contributed by atoms with Gasteiger partial charge in [-0.2, -0.15) is 5.10 Å². The van der Waals surface area contributed by atoms with Crippen LogP contribution in [-0.2, 0) is 6.54 Å². The molecule has 0 aromatic carbocycles. The van der Waals surface area contributed by atoms with Crippen molar-refractivity contribution >= 4 is 5.91 Å². The molecule has 1 amide bonds. The van der Waals surface area contributed by atoms with Gasteiger partial charge in [0.15, 0.2) is 0 Å². The van der Waals surface area contributed by atoms with Gasteiger partial charge in [0, 0.05) is 26.2 Å². The van der Waals surface area contributed by atoms with Crippen molar-refractivity contribution in [2.24, 2.45) is 0 Å². The van der Waals surface area contributed by atoms with E-state index in [-0.39, 0.29) is 12.5 Å². The normalized spacial score (nSPS) is 16.2. The van der Waals surface area contributed by atoms with Gasteiger partial charge < -0.3 is 15.3 Å². The lowest BCUT2D eigenvalue weighted by Crippen LogP contribution is -2.46. The SMILES string of the molecule is Cc1cc(C(=O)N2CCNCC2)n(CCO)n1. The second-order valence-electron chi connectivity index (χ2n) is 4.16. The molecule has 0 atom stereocenters. The molecule has 17 heavy (non-hydrogen) atoms. The summed E-state index contributed by atoms with van der Waals surface area (Å²) >= 11 is 0. The van der Waals surface area contributed by atoms with E-state index >= 15 is 0 Å². The summed E-state index contributed by atoms with van der Waals surface area (Å²) in [5.74, 6) is 0.000509. The lowest BCUT2D eigenvalue weighted by Gasteiger charge is -2.27. The number of carbonyl (C=O) groups excluding carboxylic acids is 1. The van der Waals surface area contributed by atoms with Crippen LogP contribution in [0.4, 0.5) is 0 Å². The van der Waals surface area contributed by atoms with Gasteiger partial charge in [0.2, 0.25) is 0 Å². The Labute approximate surface area is 100 Å². The summed E-state index contributed by atoms with van der Waals surface area (Å²) < 4.78 is 1.58. The van der Waals surface area contributed by atoms with E-state index in [0.29, 0.717) is 12.2 Å². The largest absolute Gasteiger partial charge is 0.394 e. The minimum absolute atomic E-state index is 0.000509. The summed E-state index contributed by atoms with van der Waals surface area (Å²) in [6.07, 6.45) is 0. The molecule has 94 valence electrons. The van der Waals surface area contributed by atoms with Crippen LogP contribution in [0.5, 0.6) is 0 Å². The molecular weight excluding hydrogens is 220 g/mol. The predicted molar refractivity (Wildman–Crippen MR) is 62.8 cm³/mol. The summed E-state index contributed by atoms with van der Waals surface area (Å²) in [5, 5.41) is 16.4. The molecule has 1 aromatic heterocycles. The van der Waals surface area contributed by atoms with E-state index in [2.05, 4.69) is 10.4 Å². The molecule has 2 rings (SSSR count). The Balaban J connectivity index is 2.16. The predicted octanol–water partition coefficient (Wildman–Crippen LogP) is -0.771. The van der Waals surface area contributed by atoms with E-state index in [1.807, 2.05) is 11.8 Å². The van der Waals surface area contributed by atoms with E-state index in [1.54, 1.807) is 10.7 Å². The molecule has 6 nitrogen and oxygen atoms in total. The average Bonchev–Trinajstić information content (AvgIpc) is 2.71. The Morgan fingerprint density at radius 2 is 2.24 bits per heavy atom. The first-order chi connectivity index (χ1) is 8.22. The third-order valence-electron chi connectivity index (χ3n) is 2.84.